The normalized spacial score (nSPS) is 17.1. The Morgan fingerprint density at radius 3 is 2.32 bits per heavy atom. The summed E-state index contributed by atoms with van der Waals surface area (Å²) in [5.74, 6) is -0.531. The number of carbonyl (C=O) groups excluding carboxylic acids is 2. The Hall–Kier alpha value is -3.91. The summed E-state index contributed by atoms with van der Waals surface area (Å²) >= 11 is 1.33. The van der Waals surface area contributed by atoms with E-state index in [1.807, 2.05) is 13.8 Å². The highest BCUT2D eigenvalue weighted by Crippen LogP contribution is 2.44. The average Bonchev–Trinajstić information content (AvgIpc) is 3.32. The standard InChI is InChI=1S/C26H24N2O5S/c1-5-14-33-20-12-6-17(7-13-20)22-21(23(29)18-8-10-19(32-4)11-9-18)24(30)25(31)28(22)26-27-15(2)16(3)34-26/h5-13,22,29H,1,14H2,2-4H3. The first-order valence-electron chi connectivity index (χ1n) is 10.6. The summed E-state index contributed by atoms with van der Waals surface area (Å²) in [6.45, 7) is 7.75. The second kappa shape index (κ2) is 9.52. The minimum atomic E-state index is -0.847. The van der Waals surface area contributed by atoms with Crippen LogP contribution in [0.5, 0.6) is 11.5 Å². The van der Waals surface area contributed by atoms with Crippen molar-refractivity contribution in [2.45, 2.75) is 19.9 Å². The number of hydrogen-bond acceptors (Lipinski definition) is 7. The number of ether oxygens (including phenoxy) is 2. The second-order valence-corrected chi connectivity index (χ2v) is 8.89. The van der Waals surface area contributed by atoms with E-state index in [0.29, 0.717) is 34.4 Å². The van der Waals surface area contributed by atoms with Gasteiger partial charge in [-0.25, -0.2) is 4.98 Å². The van der Waals surface area contributed by atoms with Gasteiger partial charge in [-0.15, -0.1) is 11.3 Å². The number of aryl methyl sites for hydroxylation is 2. The molecule has 7 nitrogen and oxygen atoms in total. The van der Waals surface area contributed by atoms with E-state index in [-0.39, 0.29) is 11.3 Å². The van der Waals surface area contributed by atoms with Gasteiger partial charge in [0.1, 0.15) is 23.9 Å². The number of aliphatic hydroxyl groups is 1. The van der Waals surface area contributed by atoms with Crippen molar-refractivity contribution in [1.29, 1.82) is 0 Å². The van der Waals surface area contributed by atoms with Gasteiger partial charge in [0, 0.05) is 10.4 Å². The van der Waals surface area contributed by atoms with Gasteiger partial charge >= 0.3 is 5.91 Å². The van der Waals surface area contributed by atoms with Crippen LogP contribution in [0, 0.1) is 13.8 Å². The molecule has 2 heterocycles. The molecule has 0 spiro atoms. The van der Waals surface area contributed by atoms with Crippen LogP contribution in [-0.2, 0) is 9.59 Å². The molecule has 1 aromatic heterocycles. The molecule has 0 saturated carbocycles. The van der Waals surface area contributed by atoms with Gasteiger partial charge in [-0.2, -0.15) is 0 Å². The lowest BCUT2D eigenvalue weighted by molar-refractivity contribution is -0.132. The number of aliphatic hydroxyl groups excluding tert-OH is 1. The van der Waals surface area contributed by atoms with Crippen LogP contribution in [0.15, 0.2) is 66.8 Å². The average molecular weight is 477 g/mol. The number of carbonyl (C=O) groups is 2. The summed E-state index contributed by atoms with van der Waals surface area (Å²) < 4.78 is 10.7. The smallest absolute Gasteiger partial charge is 0.301 e. The van der Waals surface area contributed by atoms with E-state index in [1.165, 1.54) is 16.2 Å². The maximum Gasteiger partial charge on any atom is 0.301 e. The monoisotopic (exact) mass is 476 g/mol. The number of rotatable bonds is 7. The van der Waals surface area contributed by atoms with Gasteiger partial charge in [0.2, 0.25) is 0 Å². The molecule has 3 aromatic rings. The summed E-state index contributed by atoms with van der Waals surface area (Å²) in [7, 11) is 1.54. The van der Waals surface area contributed by atoms with E-state index in [0.717, 1.165) is 10.6 Å². The summed E-state index contributed by atoms with van der Waals surface area (Å²) in [5, 5.41) is 11.6. The maximum atomic E-state index is 13.2. The lowest BCUT2D eigenvalue weighted by Crippen LogP contribution is -2.29. The molecule has 4 rings (SSSR count). The molecule has 1 amide bonds. The molecule has 0 bridgehead atoms. The third kappa shape index (κ3) is 4.20. The molecular weight excluding hydrogens is 452 g/mol. The van der Waals surface area contributed by atoms with Gasteiger partial charge in [-0.05, 0) is 55.8 Å². The van der Waals surface area contributed by atoms with Crippen molar-refractivity contribution in [3.63, 3.8) is 0 Å². The topological polar surface area (TPSA) is 89.0 Å². The van der Waals surface area contributed by atoms with Crippen LogP contribution in [0.4, 0.5) is 5.13 Å². The molecule has 0 aliphatic carbocycles. The molecule has 1 unspecified atom stereocenters. The largest absolute Gasteiger partial charge is 0.507 e. The molecule has 1 aliphatic rings. The van der Waals surface area contributed by atoms with Crippen LogP contribution >= 0.6 is 11.3 Å². The fourth-order valence-corrected chi connectivity index (χ4v) is 4.65. The zero-order valence-electron chi connectivity index (χ0n) is 19.1. The molecular formula is C26H24N2O5S. The Labute approximate surface area is 201 Å². The Kier molecular flexibility index (Phi) is 6.51. The van der Waals surface area contributed by atoms with Crippen LogP contribution in [0.3, 0.4) is 0 Å². The van der Waals surface area contributed by atoms with Gasteiger partial charge in [0.15, 0.2) is 5.13 Å². The molecule has 2 aromatic carbocycles. The van der Waals surface area contributed by atoms with Gasteiger partial charge in [0.25, 0.3) is 5.78 Å². The number of aromatic nitrogens is 1. The Morgan fingerprint density at radius 2 is 1.76 bits per heavy atom. The fraction of sp³-hybridized carbons (Fsp3) is 0.192. The van der Waals surface area contributed by atoms with E-state index >= 15 is 0 Å². The fourth-order valence-electron chi connectivity index (χ4n) is 3.71. The van der Waals surface area contributed by atoms with Crippen molar-refractivity contribution in [1.82, 2.24) is 4.98 Å². The molecule has 1 saturated heterocycles. The van der Waals surface area contributed by atoms with Gasteiger partial charge in [0.05, 0.1) is 24.4 Å². The molecule has 0 radical (unpaired) electrons. The summed E-state index contributed by atoms with van der Waals surface area (Å²) in [6, 6.07) is 12.9. The van der Waals surface area contributed by atoms with Crippen LogP contribution < -0.4 is 14.4 Å². The first-order chi connectivity index (χ1) is 16.3. The molecule has 8 heteroatoms. The van der Waals surface area contributed by atoms with Crippen molar-refractivity contribution in [3.8, 4) is 11.5 Å². The van der Waals surface area contributed by atoms with E-state index in [1.54, 1.807) is 61.7 Å². The molecule has 34 heavy (non-hydrogen) atoms. The van der Waals surface area contributed by atoms with Crippen molar-refractivity contribution < 1.29 is 24.2 Å². The molecule has 1 N–H and O–H groups in total. The van der Waals surface area contributed by atoms with E-state index in [4.69, 9.17) is 9.47 Å². The first kappa shape index (κ1) is 23.3. The van der Waals surface area contributed by atoms with Crippen molar-refractivity contribution in [2.75, 3.05) is 18.6 Å². The summed E-state index contributed by atoms with van der Waals surface area (Å²) in [6.07, 6.45) is 1.64. The number of anilines is 1. The Balaban J connectivity index is 1.86. The van der Waals surface area contributed by atoms with E-state index in [9.17, 15) is 14.7 Å². The number of thiazole rings is 1. The van der Waals surface area contributed by atoms with Crippen LogP contribution in [0.1, 0.15) is 27.7 Å². The van der Waals surface area contributed by atoms with E-state index < -0.39 is 17.7 Å². The molecule has 1 fully saturated rings. The second-order valence-electron chi connectivity index (χ2n) is 7.70. The zero-order chi connectivity index (χ0) is 24.4. The highest BCUT2D eigenvalue weighted by Gasteiger charge is 2.48. The molecule has 1 aliphatic heterocycles. The zero-order valence-corrected chi connectivity index (χ0v) is 19.9. The SMILES string of the molecule is C=CCOc1ccc(C2C(=C(O)c3ccc(OC)cc3)C(=O)C(=O)N2c2nc(C)c(C)s2)cc1. The van der Waals surface area contributed by atoms with E-state index in [2.05, 4.69) is 11.6 Å². The Morgan fingerprint density at radius 1 is 1.12 bits per heavy atom. The quantitative estimate of drug-likeness (QED) is 0.224. The van der Waals surface area contributed by atoms with Crippen molar-refractivity contribution >= 4 is 33.9 Å². The van der Waals surface area contributed by atoms with Crippen LogP contribution in [-0.4, -0.2) is 35.5 Å². The minimum Gasteiger partial charge on any atom is -0.507 e. The number of hydrogen-bond donors (Lipinski definition) is 1. The highest BCUT2D eigenvalue weighted by atomic mass is 32.1. The lowest BCUT2D eigenvalue weighted by Gasteiger charge is -2.23. The predicted octanol–water partition coefficient (Wildman–Crippen LogP) is 4.96. The summed E-state index contributed by atoms with van der Waals surface area (Å²) in [4.78, 5) is 33.2. The first-order valence-corrected chi connectivity index (χ1v) is 11.4. The lowest BCUT2D eigenvalue weighted by atomic mass is 9.95. The number of benzene rings is 2. The highest BCUT2D eigenvalue weighted by molar-refractivity contribution is 7.16. The summed E-state index contributed by atoms with van der Waals surface area (Å²) in [5.41, 5.74) is 1.83. The van der Waals surface area contributed by atoms with Crippen LogP contribution in [0.2, 0.25) is 0 Å². The predicted molar refractivity (Wildman–Crippen MR) is 131 cm³/mol. The molecule has 174 valence electrons. The van der Waals surface area contributed by atoms with Crippen molar-refractivity contribution in [2.24, 2.45) is 0 Å². The maximum absolute atomic E-state index is 13.2. The Bertz CT molecular complexity index is 1260. The number of ketones is 1. The van der Waals surface area contributed by atoms with Gasteiger partial charge in [-0.3, -0.25) is 14.5 Å². The van der Waals surface area contributed by atoms with Crippen molar-refractivity contribution in [3.05, 3.63) is 88.5 Å². The number of nitrogens with zero attached hydrogens (tertiary/aromatic N) is 2. The number of methoxy groups -OCH3 is 1. The third-order valence-corrected chi connectivity index (χ3v) is 6.67. The number of amides is 1. The number of Topliss-reactive ketones (excluding diaryl/α,β-unsaturated/α-hetero) is 1. The third-order valence-electron chi connectivity index (χ3n) is 5.59. The molecule has 1 atom stereocenters. The van der Waals surface area contributed by atoms with Gasteiger partial charge in [-0.1, -0.05) is 24.8 Å². The van der Waals surface area contributed by atoms with Gasteiger partial charge < -0.3 is 14.6 Å². The van der Waals surface area contributed by atoms with Crippen LogP contribution in [0.25, 0.3) is 5.76 Å². The minimum absolute atomic E-state index is 0.000401.